The van der Waals surface area contributed by atoms with Gasteiger partial charge in [-0.25, -0.2) is 0 Å². The highest BCUT2D eigenvalue weighted by Gasteiger charge is 2.38. The van der Waals surface area contributed by atoms with Crippen LogP contribution in [0.4, 0.5) is 5.82 Å². The molecule has 5 nitrogen and oxygen atoms in total. The first kappa shape index (κ1) is 12.8. The molecule has 0 amide bonds. The van der Waals surface area contributed by atoms with Crippen molar-refractivity contribution in [1.82, 2.24) is 10.2 Å². The molecule has 1 aromatic heterocycles. The molecule has 2 unspecified atom stereocenters. The van der Waals surface area contributed by atoms with Crippen molar-refractivity contribution in [3.05, 3.63) is 16.8 Å². The average Bonchev–Trinajstić information content (AvgIpc) is 2.65. The summed E-state index contributed by atoms with van der Waals surface area (Å²) in [6.45, 7) is 8.59. The molecule has 1 fully saturated rings. The fourth-order valence-electron chi connectivity index (χ4n) is 2.10. The predicted molar refractivity (Wildman–Crippen MR) is 68.3 cm³/mol. The summed E-state index contributed by atoms with van der Waals surface area (Å²) in [6.07, 6.45) is 0.987. The minimum Gasteiger partial charge on any atom is -0.376 e. The number of aryl methyl sites for hydroxylation is 1. The number of aromatic nitrogens is 2. The molecule has 1 aliphatic rings. The van der Waals surface area contributed by atoms with E-state index >= 15 is 0 Å². The molecule has 0 spiro atoms. The van der Waals surface area contributed by atoms with Crippen LogP contribution in [-0.2, 0) is 4.74 Å². The minimum atomic E-state index is -0.192. The van der Waals surface area contributed by atoms with Crippen LogP contribution in [0, 0.1) is 25.2 Å². The van der Waals surface area contributed by atoms with E-state index in [1.54, 1.807) is 0 Å². The van der Waals surface area contributed by atoms with Crippen LogP contribution in [0.15, 0.2) is 0 Å². The molecule has 1 N–H and O–H groups in total. The average molecular weight is 246 g/mol. The number of hydrogen-bond acceptors (Lipinski definition) is 5. The quantitative estimate of drug-likeness (QED) is 0.863. The van der Waals surface area contributed by atoms with Gasteiger partial charge in [0.2, 0.25) is 0 Å². The third-order valence-corrected chi connectivity index (χ3v) is 3.86. The molecule has 0 radical (unpaired) electrons. The van der Waals surface area contributed by atoms with Gasteiger partial charge in [0.1, 0.15) is 11.6 Å². The Morgan fingerprint density at radius 2 is 2.17 bits per heavy atom. The van der Waals surface area contributed by atoms with Gasteiger partial charge >= 0.3 is 0 Å². The number of nitrogens with zero attached hydrogens (tertiary/aromatic N) is 3. The van der Waals surface area contributed by atoms with Crippen molar-refractivity contribution in [3.63, 3.8) is 0 Å². The van der Waals surface area contributed by atoms with E-state index in [-0.39, 0.29) is 11.6 Å². The minimum absolute atomic E-state index is 0.0902. The van der Waals surface area contributed by atoms with Crippen molar-refractivity contribution in [2.24, 2.45) is 0 Å². The molecule has 18 heavy (non-hydrogen) atoms. The summed E-state index contributed by atoms with van der Waals surface area (Å²) < 4.78 is 5.57. The highest BCUT2D eigenvalue weighted by Crippen LogP contribution is 2.30. The second kappa shape index (κ2) is 4.54. The van der Waals surface area contributed by atoms with Crippen LogP contribution in [-0.4, -0.2) is 28.4 Å². The third kappa shape index (κ3) is 2.04. The molecule has 96 valence electrons. The Morgan fingerprint density at radius 3 is 2.72 bits per heavy atom. The highest BCUT2D eigenvalue weighted by molar-refractivity contribution is 5.57. The van der Waals surface area contributed by atoms with E-state index in [1.165, 1.54) is 0 Å². The third-order valence-electron chi connectivity index (χ3n) is 3.86. The Labute approximate surface area is 107 Å². The van der Waals surface area contributed by atoms with Crippen LogP contribution >= 0.6 is 0 Å². The van der Waals surface area contributed by atoms with E-state index in [0.717, 1.165) is 24.3 Å². The van der Waals surface area contributed by atoms with Gasteiger partial charge in [0.25, 0.3) is 0 Å². The number of nitrogens with one attached hydrogen (secondary N) is 1. The molecule has 0 saturated carbocycles. The summed E-state index contributed by atoms with van der Waals surface area (Å²) >= 11 is 0. The van der Waals surface area contributed by atoms with Crippen molar-refractivity contribution >= 4 is 5.82 Å². The Bertz CT molecular complexity index is 508. The molecule has 2 rings (SSSR count). The zero-order chi connectivity index (χ0) is 13.3. The second-order valence-corrected chi connectivity index (χ2v) is 5.05. The number of rotatable bonds is 2. The van der Waals surface area contributed by atoms with Crippen LogP contribution in [0.3, 0.4) is 0 Å². The monoisotopic (exact) mass is 246 g/mol. The van der Waals surface area contributed by atoms with Crippen molar-refractivity contribution in [3.8, 4) is 6.07 Å². The molecule has 5 heteroatoms. The predicted octanol–water partition coefficient (Wildman–Crippen LogP) is 1.94. The highest BCUT2D eigenvalue weighted by atomic mass is 16.5. The first-order chi connectivity index (χ1) is 8.48. The zero-order valence-corrected chi connectivity index (χ0v) is 11.2. The topological polar surface area (TPSA) is 70.8 Å². The van der Waals surface area contributed by atoms with Crippen LogP contribution < -0.4 is 5.32 Å². The van der Waals surface area contributed by atoms with Crippen molar-refractivity contribution < 1.29 is 4.74 Å². The molecule has 0 bridgehead atoms. The van der Waals surface area contributed by atoms with E-state index in [2.05, 4.69) is 28.5 Å². The normalized spacial score (nSPS) is 26.9. The van der Waals surface area contributed by atoms with E-state index in [9.17, 15) is 5.26 Å². The van der Waals surface area contributed by atoms with Crippen molar-refractivity contribution in [2.75, 3.05) is 11.9 Å². The lowest BCUT2D eigenvalue weighted by atomic mass is 9.94. The standard InChI is InChI=1S/C13H18N4O/c1-8-9(2)16-17-12(11(8)7-14)15-13(4)5-6-18-10(13)3/h10H,5-6H2,1-4H3,(H,15,17). The molecule has 0 aromatic carbocycles. The summed E-state index contributed by atoms with van der Waals surface area (Å²) in [6, 6.07) is 2.20. The fraction of sp³-hybridized carbons (Fsp3) is 0.615. The van der Waals surface area contributed by atoms with E-state index in [1.807, 2.05) is 20.8 Å². The molecular weight excluding hydrogens is 228 g/mol. The van der Waals surface area contributed by atoms with Crippen LogP contribution in [0.2, 0.25) is 0 Å². The van der Waals surface area contributed by atoms with Crippen LogP contribution in [0.25, 0.3) is 0 Å². The first-order valence-corrected chi connectivity index (χ1v) is 6.11. The van der Waals surface area contributed by atoms with Gasteiger partial charge in [-0.15, -0.1) is 5.10 Å². The molecule has 1 saturated heterocycles. The number of nitriles is 1. The fourth-order valence-corrected chi connectivity index (χ4v) is 2.10. The van der Waals surface area contributed by atoms with Gasteiger partial charge in [0.15, 0.2) is 5.82 Å². The molecule has 1 aromatic rings. The lowest BCUT2D eigenvalue weighted by molar-refractivity contribution is 0.105. The summed E-state index contributed by atoms with van der Waals surface area (Å²) in [7, 11) is 0. The van der Waals surface area contributed by atoms with E-state index in [0.29, 0.717) is 11.4 Å². The van der Waals surface area contributed by atoms with Gasteiger partial charge < -0.3 is 10.1 Å². The number of hydrogen-bond donors (Lipinski definition) is 1. The van der Waals surface area contributed by atoms with Gasteiger partial charge in [-0.05, 0) is 39.7 Å². The maximum absolute atomic E-state index is 9.26. The lowest BCUT2D eigenvalue weighted by Crippen LogP contribution is -2.41. The molecule has 2 atom stereocenters. The SMILES string of the molecule is Cc1nnc(NC2(C)CCOC2C)c(C#N)c1C. The Kier molecular flexibility index (Phi) is 3.22. The number of ether oxygens (including phenoxy) is 1. The molecule has 2 heterocycles. The molecular formula is C13H18N4O. The number of anilines is 1. The van der Waals surface area contributed by atoms with Gasteiger partial charge in [-0.1, -0.05) is 0 Å². The van der Waals surface area contributed by atoms with Gasteiger partial charge in [-0.3, -0.25) is 0 Å². The molecule has 0 aliphatic carbocycles. The van der Waals surface area contributed by atoms with Crippen molar-refractivity contribution in [2.45, 2.75) is 45.8 Å². The molecule has 1 aliphatic heterocycles. The smallest absolute Gasteiger partial charge is 0.167 e. The first-order valence-electron chi connectivity index (χ1n) is 6.11. The maximum Gasteiger partial charge on any atom is 0.167 e. The van der Waals surface area contributed by atoms with Gasteiger partial charge in [0, 0.05) is 6.61 Å². The van der Waals surface area contributed by atoms with Crippen molar-refractivity contribution in [1.29, 1.82) is 5.26 Å². The van der Waals surface area contributed by atoms with Crippen LogP contribution in [0.5, 0.6) is 0 Å². The van der Waals surface area contributed by atoms with Gasteiger partial charge in [0.05, 0.1) is 17.3 Å². The second-order valence-electron chi connectivity index (χ2n) is 5.05. The van der Waals surface area contributed by atoms with E-state index in [4.69, 9.17) is 4.74 Å². The van der Waals surface area contributed by atoms with E-state index < -0.39 is 0 Å². The summed E-state index contributed by atoms with van der Waals surface area (Å²) in [4.78, 5) is 0. The summed E-state index contributed by atoms with van der Waals surface area (Å²) in [5.74, 6) is 0.556. The Morgan fingerprint density at radius 1 is 1.44 bits per heavy atom. The van der Waals surface area contributed by atoms with Crippen LogP contribution in [0.1, 0.15) is 37.1 Å². The Balaban J connectivity index is 2.36. The summed E-state index contributed by atoms with van der Waals surface area (Å²) in [5.41, 5.74) is 2.05. The zero-order valence-electron chi connectivity index (χ0n) is 11.2. The Hall–Kier alpha value is -1.67. The maximum atomic E-state index is 9.26. The lowest BCUT2D eigenvalue weighted by Gasteiger charge is -2.29. The largest absolute Gasteiger partial charge is 0.376 e. The summed E-state index contributed by atoms with van der Waals surface area (Å²) in [5, 5.41) is 20.8. The van der Waals surface area contributed by atoms with Gasteiger partial charge in [-0.2, -0.15) is 10.4 Å².